The Morgan fingerprint density at radius 3 is 2.75 bits per heavy atom. The summed E-state index contributed by atoms with van der Waals surface area (Å²) in [7, 11) is 3.10. The Morgan fingerprint density at radius 1 is 1.33 bits per heavy atom. The Morgan fingerprint density at radius 2 is 2.08 bits per heavy atom. The number of aromatic nitrogens is 2. The number of methoxy groups -OCH3 is 1. The Balaban J connectivity index is 2.22. The molecule has 0 bridgehead atoms. The summed E-state index contributed by atoms with van der Waals surface area (Å²) >= 11 is 0. The van der Waals surface area contributed by atoms with Gasteiger partial charge in [0.1, 0.15) is 5.82 Å². The van der Waals surface area contributed by atoms with Crippen LogP contribution in [-0.2, 0) is 23.0 Å². The van der Waals surface area contributed by atoms with Crippen LogP contribution in [0.2, 0.25) is 0 Å². The Hall–Kier alpha value is -2.70. The van der Waals surface area contributed by atoms with Crippen LogP contribution >= 0.6 is 0 Å². The number of carbonyl (C=O) groups is 2. The van der Waals surface area contributed by atoms with E-state index in [9.17, 15) is 14.0 Å². The van der Waals surface area contributed by atoms with Gasteiger partial charge < -0.3 is 10.1 Å². The zero-order chi connectivity index (χ0) is 17.7. The molecule has 0 radical (unpaired) electrons. The molecule has 1 aromatic carbocycles. The third kappa shape index (κ3) is 3.98. The Bertz CT molecular complexity index is 756. The standard InChI is InChI=1S/C17H20FN3O3/c1-4-15-14(10-20-21(15)2)11-7-12(9-13(18)8-11)17(23)19-6-5-16(22)24-3/h7-10H,4-6H2,1-3H3,(H,19,23). The van der Waals surface area contributed by atoms with Gasteiger partial charge in [-0.15, -0.1) is 0 Å². The molecule has 0 saturated heterocycles. The van der Waals surface area contributed by atoms with E-state index in [2.05, 4.69) is 15.2 Å². The molecule has 1 N–H and O–H groups in total. The molecule has 1 aromatic heterocycles. The number of amides is 1. The highest BCUT2D eigenvalue weighted by molar-refractivity contribution is 5.95. The maximum Gasteiger partial charge on any atom is 0.307 e. The number of nitrogens with one attached hydrogen (secondary N) is 1. The van der Waals surface area contributed by atoms with Gasteiger partial charge in [0.25, 0.3) is 5.91 Å². The highest BCUT2D eigenvalue weighted by atomic mass is 19.1. The van der Waals surface area contributed by atoms with Crippen molar-refractivity contribution in [1.29, 1.82) is 0 Å². The van der Waals surface area contributed by atoms with E-state index in [1.54, 1.807) is 16.9 Å². The topological polar surface area (TPSA) is 73.2 Å². The summed E-state index contributed by atoms with van der Waals surface area (Å²) in [6.45, 7) is 2.12. The van der Waals surface area contributed by atoms with Crippen molar-refractivity contribution in [2.75, 3.05) is 13.7 Å². The summed E-state index contributed by atoms with van der Waals surface area (Å²) in [6, 6.07) is 4.16. The lowest BCUT2D eigenvalue weighted by Crippen LogP contribution is -2.26. The first-order chi connectivity index (χ1) is 11.5. The van der Waals surface area contributed by atoms with Crippen molar-refractivity contribution >= 4 is 11.9 Å². The summed E-state index contributed by atoms with van der Waals surface area (Å²) < 4.78 is 20.2. The van der Waals surface area contributed by atoms with Crippen LogP contribution < -0.4 is 5.32 Å². The molecule has 6 nitrogen and oxygen atoms in total. The first kappa shape index (κ1) is 17.7. The number of hydrogen-bond donors (Lipinski definition) is 1. The molecule has 0 fully saturated rings. The van der Waals surface area contributed by atoms with Crippen LogP contribution in [0.15, 0.2) is 24.4 Å². The van der Waals surface area contributed by atoms with Gasteiger partial charge in [-0.1, -0.05) is 6.92 Å². The van der Waals surface area contributed by atoms with Crippen molar-refractivity contribution in [3.05, 3.63) is 41.5 Å². The fourth-order valence-electron chi connectivity index (χ4n) is 2.48. The second kappa shape index (κ2) is 7.72. The van der Waals surface area contributed by atoms with Gasteiger partial charge >= 0.3 is 5.97 Å². The van der Waals surface area contributed by atoms with Crippen molar-refractivity contribution in [3.63, 3.8) is 0 Å². The smallest absolute Gasteiger partial charge is 0.307 e. The largest absolute Gasteiger partial charge is 0.469 e. The van der Waals surface area contributed by atoms with E-state index in [4.69, 9.17) is 0 Å². The third-order valence-electron chi connectivity index (χ3n) is 3.71. The molecule has 7 heteroatoms. The number of esters is 1. The zero-order valence-electron chi connectivity index (χ0n) is 13.9. The molecule has 0 aliphatic carbocycles. The molecular weight excluding hydrogens is 313 g/mol. The average molecular weight is 333 g/mol. The fourth-order valence-corrected chi connectivity index (χ4v) is 2.48. The molecule has 0 unspecified atom stereocenters. The van der Waals surface area contributed by atoms with E-state index in [-0.39, 0.29) is 18.5 Å². The predicted molar refractivity (Wildman–Crippen MR) is 86.9 cm³/mol. The Kier molecular flexibility index (Phi) is 5.68. The first-order valence-electron chi connectivity index (χ1n) is 7.63. The molecule has 24 heavy (non-hydrogen) atoms. The van der Waals surface area contributed by atoms with Crippen LogP contribution in [0.1, 0.15) is 29.4 Å². The third-order valence-corrected chi connectivity index (χ3v) is 3.71. The van der Waals surface area contributed by atoms with Crippen molar-refractivity contribution in [2.45, 2.75) is 19.8 Å². The zero-order valence-corrected chi connectivity index (χ0v) is 13.9. The molecule has 1 amide bonds. The molecule has 0 atom stereocenters. The van der Waals surface area contributed by atoms with Gasteiger partial charge in [0.2, 0.25) is 0 Å². The molecular formula is C17H20FN3O3. The quantitative estimate of drug-likeness (QED) is 0.822. The fraction of sp³-hybridized carbons (Fsp3) is 0.353. The molecule has 0 saturated carbocycles. The maximum atomic E-state index is 13.9. The van der Waals surface area contributed by atoms with Crippen LogP contribution in [0.4, 0.5) is 4.39 Å². The van der Waals surface area contributed by atoms with Gasteiger partial charge in [-0.05, 0) is 30.2 Å². The lowest BCUT2D eigenvalue weighted by Gasteiger charge is -2.08. The van der Waals surface area contributed by atoms with Gasteiger partial charge in [0.05, 0.1) is 19.7 Å². The molecule has 0 spiro atoms. The number of carbonyl (C=O) groups excluding carboxylic acids is 2. The molecule has 128 valence electrons. The van der Waals surface area contributed by atoms with Crippen molar-refractivity contribution in [2.24, 2.45) is 7.05 Å². The SMILES string of the molecule is CCc1c(-c2cc(F)cc(C(=O)NCCC(=O)OC)c2)cnn1C. The van der Waals surface area contributed by atoms with Gasteiger partial charge in [0, 0.05) is 30.4 Å². The number of hydrogen-bond acceptors (Lipinski definition) is 4. The molecule has 2 rings (SSSR count). The lowest BCUT2D eigenvalue weighted by molar-refractivity contribution is -0.140. The maximum absolute atomic E-state index is 13.9. The van der Waals surface area contributed by atoms with Crippen LogP contribution in [0.5, 0.6) is 0 Å². The summed E-state index contributed by atoms with van der Waals surface area (Å²) in [6.07, 6.45) is 2.46. The van der Waals surface area contributed by atoms with Gasteiger partial charge in [-0.25, -0.2) is 4.39 Å². The van der Waals surface area contributed by atoms with E-state index >= 15 is 0 Å². The average Bonchev–Trinajstić information content (AvgIpc) is 2.94. The molecule has 2 aromatic rings. The summed E-state index contributed by atoms with van der Waals surface area (Å²) in [4.78, 5) is 23.2. The van der Waals surface area contributed by atoms with Crippen molar-refractivity contribution < 1.29 is 18.7 Å². The normalized spacial score (nSPS) is 10.5. The van der Waals surface area contributed by atoms with E-state index < -0.39 is 17.7 Å². The lowest BCUT2D eigenvalue weighted by atomic mass is 10.0. The number of rotatable bonds is 6. The number of aryl methyl sites for hydroxylation is 1. The first-order valence-corrected chi connectivity index (χ1v) is 7.63. The van der Waals surface area contributed by atoms with Crippen molar-refractivity contribution in [1.82, 2.24) is 15.1 Å². The van der Waals surface area contributed by atoms with Crippen molar-refractivity contribution in [3.8, 4) is 11.1 Å². The second-order valence-corrected chi connectivity index (χ2v) is 5.29. The van der Waals surface area contributed by atoms with E-state index in [0.29, 0.717) is 5.56 Å². The van der Waals surface area contributed by atoms with Crippen LogP contribution in [0.3, 0.4) is 0 Å². The van der Waals surface area contributed by atoms with Gasteiger partial charge in [-0.2, -0.15) is 5.10 Å². The molecule has 1 heterocycles. The minimum atomic E-state index is -0.503. The minimum absolute atomic E-state index is 0.0625. The van der Waals surface area contributed by atoms with Crippen LogP contribution in [-0.4, -0.2) is 35.3 Å². The number of benzene rings is 1. The molecule has 0 aliphatic rings. The minimum Gasteiger partial charge on any atom is -0.469 e. The van der Waals surface area contributed by atoms with E-state index in [1.165, 1.54) is 19.2 Å². The van der Waals surface area contributed by atoms with E-state index in [1.807, 2.05) is 14.0 Å². The molecule has 0 aliphatic heterocycles. The van der Waals surface area contributed by atoms with Crippen LogP contribution in [0, 0.1) is 5.82 Å². The highest BCUT2D eigenvalue weighted by Crippen LogP contribution is 2.25. The summed E-state index contributed by atoms with van der Waals surface area (Å²) in [5.74, 6) is -1.36. The highest BCUT2D eigenvalue weighted by Gasteiger charge is 2.14. The Labute approximate surface area is 139 Å². The number of ether oxygens (including phenoxy) is 1. The van der Waals surface area contributed by atoms with Crippen LogP contribution in [0.25, 0.3) is 11.1 Å². The van der Waals surface area contributed by atoms with Gasteiger partial charge in [-0.3, -0.25) is 14.3 Å². The summed E-state index contributed by atoms with van der Waals surface area (Å²) in [5.41, 5.74) is 2.54. The number of nitrogens with zero attached hydrogens (tertiary/aromatic N) is 2. The summed E-state index contributed by atoms with van der Waals surface area (Å²) in [5, 5.41) is 6.77. The van der Waals surface area contributed by atoms with Gasteiger partial charge in [0.15, 0.2) is 0 Å². The second-order valence-electron chi connectivity index (χ2n) is 5.29. The van der Waals surface area contributed by atoms with E-state index in [0.717, 1.165) is 17.7 Å². The number of halogens is 1. The monoisotopic (exact) mass is 333 g/mol. The predicted octanol–water partition coefficient (Wildman–Crippen LogP) is 2.08.